The van der Waals surface area contributed by atoms with Crippen molar-refractivity contribution in [3.05, 3.63) is 107 Å². The molecule has 0 aromatic heterocycles. The van der Waals surface area contributed by atoms with Crippen molar-refractivity contribution in [2.24, 2.45) is 11.8 Å². The van der Waals surface area contributed by atoms with Crippen LogP contribution in [-0.4, -0.2) is 5.78 Å². The number of hydrogen-bond acceptors (Lipinski definition) is 1. The summed E-state index contributed by atoms with van der Waals surface area (Å²) in [7, 11) is 0. The topological polar surface area (TPSA) is 17.1 Å². The number of rotatable bonds is 1. The van der Waals surface area contributed by atoms with Crippen LogP contribution in [0, 0.1) is 11.8 Å². The Balaban J connectivity index is 1.71. The van der Waals surface area contributed by atoms with Crippen molar-refractivity contribution in [2.45, 2.75) is 18.8 Å². The Morgan fingerprint density at radius 1 is 0.680 bits per heavy atom. The molecule has 5 rings (SSSR count). The molecular formula is C24H20O. The van der Waals surface area contributed by atoms with Crippen molar-refractivity contribution >= 4 is 5.78 Å². The second kappa shape index (κ2) is 5.70. The second-order valence-electron chi connectivity index (χ2n) is 7.30. The average Bonchev–Trinajstić information content (AvgIpc) is 2.67. The fourth-order valence-electron chi connectivity index (χ4n) is 4.91. The van der Waals surface area contributed by atoms with Crippen molar-refractivity contribution in [3.63, 3.8) is 0 Å². The molecule has 0 radical (unpaired) electrons. The zero-order chi connectivity index (χ0) is 16.8. The van der Waals surface area contributed by atoms with Gasteiger partial charge < -0.3 is 0 Å². The fraction of sp³-hybridized carbons (Fsp3) is 0.208. The maximum atomic E-state index is 13.4. The standard InChI is InChI=1S/C24H20O/c25-24-21-13-7-5-11-18(21)15-19-14-17-10-4-6-12-20(17)22(23(19)24)16-8-2-1-3-9-16/h1-13,19,22-23H,14-15H2. The normalized spacial score (nSPS) is 24.2. The number of carbonyl (C=O) groups is 1. The lowest BCUT2D eigenvalue weighted by Crippen LogP contribution is -2.40. The minimum atomic E-state index is 0.0483. The summed E-state index contributed by atoms with van der Waals surface area (Å²) in [6, 6.07) is 27.5. The van der Waals surface area contributed by atoms with Gasteiger partial charge in [-0.25, -0.2) is 0 Å². The van der Waals surface area contributed by atoms with Gasteiger partial charge in [0.05, 0.1) is 0 Å². The molecule has 3 unspecified atom stereocenters. The predicted molar refractivity (Wildman–Crippen MR) is 99.9 cm³/mol. The van der Waals surface area contributed by atoms with Crippen LogP contribution in [0.3, 0.4) is 0 Å². The van der Waals surface area contributed by atoms with Gasteiger partial charge in [0.25, 0.3) is 0 Å². The van der Waals surface area contributed by atoms with E-state index in [9.17, 15) is 4.79 Å². The van der Waals surface area contributed by atoms with Crippen molar-refractivity contribution in [1.29, 1.82) is 0 Å². The minimum Gasteiger partial charge on any atom is -0.294 e. The van der Waals surface area contributed by atoms with Gasteiger partial charge in [0, 0.05) is 17.4 Å². The lowest BCUT2D eigenvalue weighted by molar-refractivity contribution is 0.0821. The van der Waals surface area contributed by atoms with Crippen molar-refractivity contribution in [2.75, 3.05) is 0 Å². The summed E-state index contributed by atoms with van der Waals surface area (Å²) in [5.41, 5.74) is 6.16. The van der Waals surface area contributed by atoms with Crippen molar-refractivity contribution in [1.82, 2.24) is 0 Å². The first-order valence-electron chi connectivity index (χ1n) is 9.08. The Bertz CT molecular complexity index is 941. The van der Waals surface area contributed by atoms with Crippen LogP contribution in [-0.2, 0) is 12.8 Å². The number of hydrogen-bond donors (Lipinski definition) is 0. The molecule has 0 fully saturated rings. The SMILES string of the molecule is O=C1c2ccccc2CC2Cc3ccccc3C(c3ccccc3)C12. The third-order valence-electron chi connectivity index (χ3n) is 5.97. The second-order valence-corrected chi connectivity index (χ2v) is 7.30. The minimum absolute atomic E-state index is 0.0483. The highest BCUT2D eigenvalue weighted by Crippen LogP contribution is 2.48. The number of benzene rings is 3. The zero-order valence-corrected chi connectivity index (χ0v) is 14.1. The zero-order valence-electron chi connectivity index (χ0n) is 14.1. The number of carbonyl (C=O) groups excluding carboxylic acids is 1. The summed E-state index contributed by atoms with van der Waals surface area (Å²) in [5, 5.41) is 0. The summed E-state index contributed by atoms with van der Waals surface area (Å²) >= 11 is 0. The molecule has 3 aromatic rings. The highest BCUT2D eigenvalue weighted by molar-refractivity contribution is 6.01. The molecule has 0 saturated heterocycles. The molecule has 0 heterocycles. The molecule has 2 aliphatic carbocycles. The van der Waals surface area contributed by atoms with Crippen LogP contribution in [0.2, 0.25) is 0 Å². The summed E-state index contributed by atoms with van der Waals surface area (Å²) in [6.07, 6.45) is 2.01. The van der Waals surface area contributed by atoms with E-state index in [2.05, 4.69) is 60.7 Å². The Hall–Kier alpha value is -2.67. The highest BCUT2D eigenvalue weighted by Gasteiger charge is 2.44. The summed E-state index contributed by atoms with van der Waals surface area (Å²) in [5.74, 6) is 0.932. The van der Waals surface area contributed by atoms with E-state index >= 15 is 0 Å². The van der Waals surface area contributed by atoms with Gasteiger partial charge >= 0.3 is 0 Å². The van der Waals surface area contributed by atoms with Gasteiger partial charge in [-0.3, -0.25) is 4.79 Å². The van der Waals surface area contributed by atoms with Crippen LogP contribution in [0.5, 0.6) is 0 Å². The third-order valence-corrected chi connectivity index (χ3v) is 5.97. The molecule has 0 amide bonds. The molecule has 25 heavy (non-hydrogen) atoms. The molecule has 0 aliphatic heterocycles. The van der Waals surface area contributed by atoms with Crippen LogP contribution in [0.4, 0.5) is 0 Å². The lowest BCUT2D eigenvalue weighted by atomic mass is 9.60. The van der Waals surface area contributed by atoms with Crippen molar-refractivity contribution < 1.29 is 4.79 Å². The predicted octanol–water partition coefficient (Wildman–Crippen LogP) is 5.05. The first kappa shape index (κ1) is 14.7. The quantitative estimate of drug-likeness (QED) is 0.612. The molecule has 2 aliphatic rings. The van der Waals surface area contributed by atoms with Crippen LogP contribution in [0.15, 0.2) is 78.9 Å². The fourth-order valence-corrected chi connectivity index (χ4v) is 4.91. The largest absolute Gasteiger partial charge is 0.294 e. The van der Waals surface area contributed by atoms with Gasteiger partial charge in [0.1, 0.15) is 0 Å². The summed E-state index contributed by atoms with van der Waals surface area (Å²) in [6.45, 7) is 0. The molecule has 3 aromatic carbocycles. The average molecular weight is 324 g/mol. The van der Waals surface area contributed by atoms with E-state index in [1.165, 1.54) is 22.3 Å². The molecule has 1 nitrogen and oxygen atoms in total. The van der Waals surface area contributed by atoms with Gasteiger partial charge in [-0.05, 0) is 41.0 Å². The van der Waals surface area contributed by atoms with Crippen LogP contribution >= 0.6 is 0 Å². The van der Waals surface area contributed by atoms with Crippen molar-refractivity contribution in [3.8, 4) is 0 Å². The molecule has 0 spiro atoms. The monoisotopic (exact) mass is 324 g/mol. The molecule has 3 atom stereocenters. The Labute approximate surface area is 148 Å². The smallest absolute Gasteiger partial charge is 0.167 e. The van der Waals surface area contributed by atoms with E-state index in [0.717, 1.165) is 18.4 Å². The molecular weight excluding hydrogens is 304 g/mol. The number of ketones is 1. The molecule has 0 N–H and O–H groups in total. The number of Topliss-reactive ketones (excluding diaryl/α,β-unsaturated/α-hetero) is 1. The number of fused-ring (bicyclic) bond motifs is 3. The highest BCUT2D eigenvalue weighted by atomic mass is 16.1. The Kier molecular flexibility index (Phi) is 3.34. The van der Waals surface area contributed by atoms with E-state index in [1.807, 2.05) is 18.2 Å². The van der Waals surface area contributed by atoms with Gasteiger partial charge in [-0.1, -0.05) is 78.9 Å². The molecule has 0 bridgehead atoms. The maximum Gasteiger partial charge on any atom is 0.167 e. The van der Waals surface area contributed by atoms with Crippen LogP contribution < -0.4 is 0 Å². The van der Waals surface area contributed by atoms with E-state index in [1.54, 1.807) is 0 Å². The van der Waals surface area contributed by atoms with E-state index in [-0.39, 0.29) is 11.8 Å². The first-order valence-corrected chi connectivity index (χ1v) is 9.08. The Morgan fingerprint density at radius 2 is 1.32 bits per heavy atom. The third kappa shape index (κ3) is 2.26. The molecule has 1 heteroatoms. The first-order chi connectivity index (χ1) is 12.3. The van der Waals surface area contributed by atoms with Gasteiger partial charge in [-0.2, -0.15) is 0 Å². The van der Waals surface area contributed by atoms with Crippen LogP contribution in [0.25, 0.3) is 0 Å². The molecule has 0 saturated carbocycles. The Morgan fingerprint density at radius 3 is 2.16 bits per heavy atom. The van der Waals surface area contributed by atoms with Gasteiger partial charge in [-0.15, -0.1) is 0 Å². The van der Waals surface area contributed by atoms with E-state index in [4.69, 9.17) is 0 Å². The van der Waals surface area contributed by atoms with Crippen LogP contribution in [0.1, 0.15) is 38.5 Å². The summed E-state index contributed by atoms with van der Waals surface area (Å²) in [4.78, 5) is 13.4. The lowest BCUT2D eigenvalue weighted by Gasteiger charge is -2.42. The summed E-state index contributed by atoms with van der Waals surface area (Å²) < 4.78 is 0. The maximum absolute atomic E-state index is 13.4. The van der Waals surface area contributed by atoms with Gasteiger partial charge in [0.15, 0.2) is 5.78 Å². The van der Waals surface area contributed by atoms with E-state index in [0.29, 0.717) is 11.7 Å². The van der Waals surface area contributed by atoms with Gasteiger partial charge in [0.2, 0.25) is 0 Å². The molecule has 122 valence electrons. The van der Waals surface area contributed by atoms with E-state index < -0.39 is 0 Å².